The van der Waals surface area contributed by atoms with Gasteiger partial charge >= 0.3 is 12.1 Å². The van der Waals surface area contributed by atoms with E-state index in [1.54, 1.807) is 18.4 Å². The van der Waals surface area contributed by atoms with E-state index < -0.39 is 12.1 Å². The fourth-order valence-electron chi connectivity index (χ4n) is 4.41. The minimum atomic E-state index is -5.08. The molecule has 0 unspecified atom stereocenters. The number of furan rings is 1. The van der Waals surface area contributed by atoms with E-state index in [9.17, 15) is 18.0 Å². The molecular formula is C21H26F3N3O5. The summed E-state index contributed by atoms with van der Waals surface area (Å²) < 4.78 is 42.3. The molecule has 8 nitrogen and oxygen atoms in total. The van der Waals surface area contributed by atoms with Crippen LogP contribution in [0.2, 0.25) is 0 Å². The molecular weight excluding hydrogens is 431 g/mol. The predicted molar refractivity (Wildman–Crippen MR) is 106 cm³/mol. The quantitative estimate of drug-likeness (QED) is 0.749. The first-order valence-electron chi connectivity index (χ1n) is 10.3. The Kier molecular flexibility index (Phi) is 6.97. The number of nitrogens with zero attached hydrogens (tertiary/aromatic N) is 3. The van der Waals surface area contributed by atoms with Gasteiger partial charge in [-0.2, -0.15) is 13.2 Å². The molecule has 0 saturated carbocycles. The van der Waals surface area contributed by atoms with Gasteiger partial charge in [0.1, 0.15) is 5.76 Å². The molecule has 32 heavy (non-hydrogen) atoms. The van der Waals surface area contributed by atoms with Crippen molar-refractivity contribution in [1.82, 2.24) is 15.0 Å². The van der Waals surface area contributed by atoms with Crippen LogP contribution in [0.3, 0.4) is 0 Å². The maximum atomic E-state index is 12.5. The number of hydrogen-bond acceptors (Lipinski definition) is 6. The molecule has 2 aromatic rings. The van der Waals surface area contributed by atoms with Gasteiger partial charge in [0, 0.05) is 30.7 Å². The number of carbonyl (C=O) groups excluding carboxylic acids is 1. The molecule has 176 valence electrons. The van der Waals surface area contributed by atoms with Gasteiger partial charge < -0.3 is 18.9 Å². The number of halogens is 3. The molecule has 2 fully saturated rings. The fraction of sp³-hybridized carbons (Fsp3) is 0.571. The first-order valence-corrected chi connectivity index (χ1v) is 10.3. The van der Waals surface area contributed by atoms with Gasteiger partial charge in [0.2, 0.25) is 0 Å². The Morgan fingerprint density at radius 2 is 1.84 bits per heavy atom. The Bertz CT molecular complexity index is 912. The monoisotopic (exact) mass is 457 g/mol. The van der Waals surface area contributed by atoms with Gasteiger partial charge in [0.25, 0.3) is 5.91 Å². The lowest BCUT2D eigenvalue weighted by Gasteiger charge is -2.45. The van der Waals surface area contributed by atoms with Crippen molar-refractivity contribution >= 4 is 11.9 Å². The van der Waals surface area contributed by atoms with E-state index in [2.05, 4.69) is 10.1 Å². The van der Waals surface area contributed by atoms with Crippen LogP contribution in [-0.4, -0.2) is 63.3 Å². The molecule has 2 aromatic heterocycles. The average Bonchev–Trinajstić information content (AvgIpc) is 3.47. The van der Waals surface area contributed by atoms with Crippen molar-refractivity contribution in [3.8, 4) is 0 Å². The third-order valence-electron chi connectivity index (χ3n) is 6.23. The van der Waals surface area contributed by atoms with Crippen molar-refractivity contribution in [1.29, 1.82) is 0 Å². The molecule has 4 heterocycles. The van der Waals surface area contributed by atoms with Crippen LogP contribution in [-0.2, 0) is 11.3 Å². The van der Waals surface area contributed by atoms with Gasteiger partial charge in [-0.25, -0.2) is 4.79 Å². The Morgan fingerprint density at radius 1 is 1.19 bits per heavy atom. The van der Waals surface area contributed by atoms with E-state index in [0.29, 0.717) is 5.76 Å². The molecule has 0 atom stereocenters. The van der Waals surface area contributed by atoms with Crippen molar-refractivity contribution in [3.05, 3.63) is 41.2 Å². The number of rotatable bonds is 3. The Hall–Kier alpha value is -2.82. The maximum Gasteiger partial charge on any atom is 0.490 e. The predicted octanol–water partition coefficient (Wildman–Crippen LogP) is 3.79. The first-order chi connectivity index (χ1) is 15.0. The number of carbonyl (C=O) groups is 2. The van der Waals surface area contributed by atoms with Crippen LogP contribution in [0.1, 0.15) is 53.3 Å². The summed E-state index contributed by atoms with van der Waals surface area (Å²) in [6.07, 6.45) is 0.932. The molecule has 0 aliphatic carbocycles. The van der Waals surface area contributed by atoms with Crippen LogP contribution >= 0.6 is 0 Å². The lowest BCUT2D eigenvalue weighted by Crippen LogP contribution is -2.53. The summed E-state index contributed by atoms with van der Waals surface area (Å²) in [7, 11) is 0. The Balaban J connectivity index is 0.000000360. The number of carboxylic acid groups (broad SMARTS) is 1. The van der Waals surface area contributed by atoms with Crippen LogP contribution in [0.5, 0.6) is 0 Å². The van der Waals surface area contributed by atoms with Gasteiger partial charge in [0.05, 0.1) is 12.0 Å². The van der Waals surface area contributed by atoms with Gasteiger partial charge in [0.15, 0.2) is 5.76 Å². The number of aliphatic carboxylic acids is 1. The topological polar surface area (TPSA) is 100 Å². The van der Waals surface area contributed by atoms with Crippen LogP contribution in [0.25, 0.3) is 0 Å². The summed E-state index contributed by atoms with van der Waals surface area (Å²) >= 11 is 0. The number of alkyl halides is 3. The van der Waals surface area contributed by atoms with E-state index in [1.807, 2.05) is 18.7 Å². The first kappa shape index (κ1) is 23.8. The second kappa shape index (κ2) is 9.35. The lowest BCUT2D eigenvalue weighted by atomic mass is 9.84. The molecule has 4 rings (SSSR count). The number of aromatic nitrogens is 1. The van der Waals surface area contributed by atoms with Crippen molar-refractivity contribution in [2.24, 2.45) is 0 Å². The third-order valence-corrected chi connectivity index (χ3v) is 6.23. The summed E-state index contributed by atoms with van der Waals surface area (Å²) in [5.41, 5.74) is 2.41. The number of likely N-dealkylation sites (tertiary alicyclic amines) is 2. The molecule has 11 heteroatoms. The Morgan fingerprint density at radius 3 is 2.34 bits per heavy atom. The van der Waals surface area contributed by atoms with Crippen LogP contribution < -0.4 is 0 Å². The van der Waals surface area contributed by atoms with E-state index in [4.69, 9.17) is 18.8 Å². The van der Waals surface area contributed by atoms with E-state index >= 15 is 0 Å². The number of piperidine rings is 1. The van der Waals surface area contributed by atoms with E-state index in [-0.39, 0.29) is 11.4 Å². The van der Waals surface area contributed by atoms with Crippen molar-refractivity contribution in [2.45, 2.75) is 57.8 Å². The SMILES string of the molecule is Cc1noc(C)c1CN1CCCC12CCN(C(=O)c1ccco1)CC2.O=C(O)C(F)(F)F. The largest absolute Gasteiger partial charge is 0.490 e. The molecule has 1 spiro atoms. The highest BCUT2D eigenvalue weighted by molar-refractivity contribution is 5.91. The van der Waals surface area contributed by atoms with Crippen molar-refractivity contribution in [3.63, 3.8) is 0 Å². The van der Waals surface area contributed by atoms with Gasteiger partial charge in [-0.05, 0) is 58.2 Å². The maximum absolute atomic E-state index is 12.5. The second-order valence-corrected chi connectivity index (χ2v) is 8.12. The molecule has 2 saturated heterocycles. The summed E-state index contributed by atoms with van der Waals surface area (Å²) in [5.74, 6) is -1.39. The summed E-state index contributed by atoms with van der Waals surface area (Å²) in [5, 5.41) is 11.2. The fourth-order valence-corrected chi connectivity index (χ4v) is 4.41. The standard InChI is InChI=1S/C19H25N3O3.C2HF3O2/c1-14-16(15(2)25-20-14)13-22-9-4-6-19(22)7-10-21(11-8-19)18(23)17-5-3-12-24-17;3-2(4,5)1(6)7/h3,5,12H,4,6-11,13H2,1-2H3;(H,6,7). The molecule has 2 aliphatic heterocycles. The third kappa shape index (κ3) is 5.14. The number of aryl methyl sites for hydroxylation is 2. The highest BCUT2D eigenvalue weighted by Crippen LogP contribution is 2.40. The number of carboxylic acids is 1. The van der Waals surface area contributed by atoms with E-state index in [0.717, 1.165) is 50.5 Å². The normalized spacial score (nSPS) is 18.5. The molecule has 2 aliphatic rings. The molecule has 0 bridgehead atoms. The smallest absolute Gasteiger partial charge is 0.475 e. The summed E-state index contributed by atoms with van der Waals surface area (Å²) in [6, 6.07) is 3.51. The van der Waals surface area contributed by atoms with Crippen molar-refractivity contribution < 1.29 is 36.8 Å². The van der Waals surface area contributed by atoms with E-state index in [1.165, 1.54) is 18.4 Å². The summed E-state index contributed by atoms with van der Waals surface area (Å²) in [6.45, 7) is 7.58. The number of hydrogen-bond donors (Lipinski definition) is 1. The molecule has 0 aromatic carbocycles. The van der Waals surface area contributed by atoms with Crippen LogP contribution in [0.4, 0.5) is 13.2 Å². The highest BCUT2D eigenvalue weighted by atomic mass is 19.4. The highest BCUT2D eigenvalue weighted by Gasteiger charge is 2.44. The Labute approximate surface area is 182 Å². The summed E-state index contributed by atoms with van der Waals surface area (Å²) in [4.78, 5) is 25.9. The van der Waals surface area contributed by atoms with Gasteiger partial charge in [-0.15, -0.1) is 0 Å². The zero-order valence-corrected chi connectivity index (χ0v) is 17.9. The molecule has 1 N–H and O–H groups in total. The minimum Gasteiger partial charge on any atom is -0.475 e. The zero-order chi connectivity index (χ0) is 23.5. The van der Waals surface area contributed by atoms with Crippen LogP contribution in [0.15, 0.2) is 27.3 Å². The van der Waals surface area contributed by atoms with Crippen LogP contribution in [0, 0.1) is 13.8 Å². The van der Waals surface area contributed by atoms with Gasteiger partial charge in [-0.1, -0.05) is 5.16 Å². The molecule has 0 radical (unpaired) electrons. The molecule has 1 amide bonds. The van der Waals surface area contributed by atoms with Crippen molar-refractivity contribution in [2.75, 3.05) is 19.6 Å². The zero-order valence-electron chi connectivity index (χ0n) is 17.9. The lowest BCUT2D eigenvalue weighted by molar-refractivity contribution is -0.192. The number of amides is 1. The minimum absolute atomic E-state index is 0.00937. The second-order valence-electron chi connectivity index (χ2n) is 8.12. The van der Waals surface area contributed by atoms with Gasteiger partial charge in [-0.3, -0.25) is 9.69 Å². The average molecular weight is 457 g/mol.